The summed E-state index contributed by atoms with van der Waals surface area (Å²) in [6, 6.07) is 4.27. The van der Waals surface area contributed by atoms with E-state index in [-0.39, 0.29) is 0 Å². The lowest BCUT2D eigenvalue weighted by Crippen LogP contribution is -2.36. The molecule has 1 aliphatic heterocycles. The molecule has 3 heterocycles. The molecule has 2 aromatic rings. The average Bonchev–Trinajstić information content (AvgIpc) is 2.52. The fourth-order valence-corrected chi connectivity index (χ4v) is 2.43. The van der Waals surface area contributed by atoms with Crippen LogP contribution in [0.2, 0.25) is 0 Å². The molecule has 0 saturated heterocycles. The molecule has 0 amide bonds. The standard InChI is InChI=1S/C8H7N2S/c1-3-9-6-7-2-5-11-8(7)10(9)4-1/h1-5H,6H2/q+1. The van der Waals surface area contributed by atoms with Gasteiger partial charge in [0.05, 0.1) is 11.8 Å². The predicted octanol–water partition coefficient (Wildman–Crippen LogP) is 1.19. The zero-order valence-corrected chi connectivity index (χ0v) is 6.71. The van der Waals surface area contributed by atoms with Crippen LogP contribution in [0.3, 0.4) is 0 Å². The Hall–Kier alpha value is -1.09. The molecule has 0 N–H and O–H groups in total. The van der Waals surface area contributed by atoms with E-state index in [1.54, 1.807) is 11.3 Å². The first-order valence-corrected chi connectivity index (χ1v) is 4.47. The Balaban J connectivity index is 2.38. The molecule has 0 saturated carbocycles. The SMILES string of the molecule is c1cn2[n+](c1)Cc1ccsc1-2. The molecule has 3 heteroatoms. The molecule has 0 fully saturated rings. The molecule has 2 aromatic heterocycles. The van der Waals surface area contributed by atoms with Crippen LogP contribution in [0.4, 0.5) is 0 Å². The monoisotopic (exact) mass is 163 g/mol. The molecule has 0 aromatic carbocycles. The van der Waals surface area contributed by atoms with Gasteiger partial charge in [0.1, 0.15) is 0 Å². The Morgan fingerprint density at radius 3 is 3.55 bits per heavy atom. The summed E-state index contributed by atoms with van der Waals surface area (Å²) < 4.78 is 4.40. The fourth-order valence-electron chi connectivity index (χ4n) is 1.51. The minimum Gasteiger partial charge on any atom is -0.120 e. The Labute approximate surface area is 68.3 Å². The second-order valence-electron chi connectivity index (χ2n) is 2.68. The van der Waals surface area contributed by atoms with E-state index in [1.165, 1.54) is 10.6 Å². The smallest absolute Gasteiger partial charge is 0.120 e. The predicted molar refractivity (Wildman–Crippen MR) is 42.9 cm³/mol. The second-order valence-corrected chi connectivity index (χ2v) is 3.58. The van der Waals surface area contributed by atoms with Crippen LogP contribution in [0.15, 0.2) is 29.9 Å². The van der Waals surface area contributed by atoms with Gasteiger partial charge in [-0.3, -0.25) is 0 Å². The lowest BCUT2D eigenvalue weighted by Gasteiger charge is -1.85. The van der Waals surface area contributed by atoms with Gasteiger partial charge in [-0.25, -0.2) is 0 Å². The van der Waals surface area contributed by atoms with Crippen LogP contribution in [0.5, 0.6) is 0 Å². The molecular formula is C8H7N2S+. The highest BCUT2D eigenvalue weighted by Gasteiger charge is 2.24. The van der Waals surface area contributed by atoms with E-state index < -0.39 is 0 Å². The molecular weight excluding hydrogens is 156 g/mol. The quantitative estimate of drug-likeness (QED) is 0.440. The zero-order chi connectivity index (χ0) is 7.26. The molecule has 0 bridgehead atoms. The summed E-state index contributed by atoms with van der Waals surface area (Å²) in [5, 5.41) is 3.52. The lowest BCUT2D eigenvalue weighted by molar-refractivity contribution is -0.751. The number of hydrogen-bond donors (Lipinski definition) is 0. The molecule has 11 heavy (non-hydrogen) atoms. The molecule has 54 valence electrons. The summed E-state index contributed by atoms with van der Waals surface area (Å²) >= 11 is 1.80. The van der Waals surface area contributed by atoms with Gasteiger partial charge in [-0.1, -0.05) is 0 Å². The first kappa shape index (κ1) is 5.55. The van der Waals surface area contributed by atoms with Crippen LogP contribution in [-0.2, 0) is 6.54 Å². The highest BCUT2D eigenvalue weighted by atomic mass is 32.1. The van der Waals surface area contributed by atoms with Gasteiger partial charge in [0.15, 0.2) is 11.2 Å². The van der Waals surface area contributed by atoms with Crippen molar-refractivity contribution in [3.05, 3.63) is 35.5 Å². The summed E-state index contributed by atoms with van der Waals surface area (Å²) in [6.45, 7) is 1.03. The maximum absolute atomic E-state index is 2.21. The third-order valence-corrected chi connectivity index (χ3v) is 2.97. The Bertz CT molecular complexity index is 361. The van der Waals surface area contributed by atoms with Crippen molar-refractivity contribution < 1.29 is 4.68 Å². The fraction of sp³-hybridized carbons (Fsp3) is 0.125. The van der Waals surface area contributed by atoms with E-state index in [9.17, 15) is 0 Å². The van der Waals surface area contributed by atoms with Crippen molar-refractivity contribution in [2.75, 3.05) is 0 Å². The first-order valence-electron chi connectivity index (χ1n) is 3.59. The summed E-state index contributed by atoms with van der Waals surface area (Å²) in [7, 11) is 0. The highest BCUT2D eigenvalue weighted by molar-refractivity contribution is 7.12. The minimum absolute atomic E-state index is 1.03. The van der Waals surface area contributed by atoms with Gasteiger partial charge in [0.2, 0.25) is 6.54 Å². The number of fused-ring (bicyclic) bond motifs is 3. The Kier molecular flexibility index (Phi) is 0.876. The maximum Gasteiger partial charge on any atom is 0.200 e. The van der Waals surface area contributed by atoms with Crippen molar-refractivity contribution in [3.8, 4) is 5.00 Å². The van der Waals surface area contributed by atoms with Crippen molar-refractivity contribution in [2.45, 2.75) is 6.54 Å². The Morgan fingerprint density at radius 2 is 2.55 bits per heavy atom. The van der Waals surface area contributed by atoms with Crippen molar-refractivity contribution in [1.82, 2.24) is 4.68 Å². The molecule has 0 radical (unpaired) electrons. The van der Waals surface area contributed by atoms with Crippen molar-refractivity contribution >= 4 is 11.3 Å². The zero-order valence-electron chi connectivity index (χ0n) is 5.90. The molecule has 0 unspecified atom stereocenters. The first-order chi connectivity index (χ1) is 5.45. The highest BCUT2D eigenvalue weighted by Crippen LogP contribution is 2.23. The van der Waals surface area contributed by atoms with E-state index in [1.807, 2.05) is 0 Å². The third-order valence-electron chi connectivity index (χ3n) is 2.03. The molecule has 1 aliphatic rings. The van der Waals surface area contributed by atoms with Crippen molar-refractivity contribution in [2.24, 2.45) is 0 Å². The van der Waals surface area contributed by atoms with E-state index in [0.717, 1.165) is 6.54 Å². The topological polar surface area (TPSA) is 8.81 Å². The lowest BCUT2D eigenvalue weighted by atomic mass is 10.3. The largest absolute Gasteiger partial charge is 0.200 e. The van der Waals surface area contributed by atoms with Crippen LogP contribution in [0, 0.1) is 0 Å². The number of thiophene rings is 1. The van der Waals surface area contributed by atoms with Gasteiger partial charge in [-0.15, -0.1) is 20.7 Å². The maximum atomic E-state index is 2.21. The van der Waals surface area contributed by atoms with Crippen LogP contribution in [0.1, 0.15) is 5.56 Å². The van der Waals surface area contributed by atoms with Crippen LogP contribution >= 0.6 is 11.3 Å². The van der Waals surface area contributed by atoms with Crippen LogP contribution in [-0.4, -0.2) is 4.68 Å². The number of nitrogens with zero attached hydrogens (tertiary/aromatic N) is 2. The number of aromatic nitrogens is 2. The van der Waals surface area contributed by atoms with Gasteiger partial charge in [0, 0.05) is 6.07 Å². The van der Waals surface area contributed by atoms with Gasteiger partial charge < -0.3 is 0 Å². The summed E-state index contributed by atoms with van der Waals surface area (Å²) in [5.41, 5.74) is 1.44. The average molecular weight is 163 g/mol. The molecule has 2 nitrogen and oxygen atoms in total. The summed E-state index contributed by atoms with van der Waals surface area (Å²) in [6.07, 6.45) is 4.20. The van der Waals surface area contributed by atoms with Crippen LogP contribution < -0.4 is 4.68 Å². The normalized spacial score (nSPS) is 13.1. The van der Waals surface area contributed by atoms with E-state index in [4.69, 9.17) is 0 Å². The molecule has 3 rings (SSSR count). The van der Waals surface area contributed by atoms with Gasteiger partial charge in [-0.2, -0.15) is 0 Å². The van der Waals surface area contributed by atoms with Crippen molar-refractivity contribution in [3.63, 3.8) is 0 Å². The Morgan fingerprint density at radius 1 is 1.55 bits per heavy atom. The van der Waals surface area contributed by atoms with Gasteiger partial charge in [0.25, 0.3) is 0 Å². The minimum atomic E-state index is 1.03. The van der Waals surface area contributed by atoms with E-state index in [0.29, 0.717) is 0 Å². The number of rotatable bonds is 0. The number of hydrogen-bond acceptors (Lipinski definition) is 1. The molecule has 0 spiro atoms. The third kappa shape index (κ3) is 0.587. The van der Waals surface area contributed by atoms with Crippen LogP contribution in [0.25, 0.3) is 5.00 Å². The van der Waals surface area contributed by atoms with Gasteiger partial charge >= 0.3 is 0 Å². The van der Waals surface area contributed by atoms with Crippen molar-refractivity contribution in [1.29, 1.82) is 0 Å². The second kappa shape index (κ2) is 1.74. The van der Waals surface area contributed by atoms with Gasteiger partial charge in [-0.05, 0) is 11.4 Å². The summed E-state index contributed by atoms with van der Waals surface area (Å²) in [5.74, 6) is 0. The molecule has 0 atom stereocenters. The molecule has 0 aliphatic carbocycles. The summed E-state index contributed by atoms with van der Waals surface area (Å²) in [4.78, 5) is 0. The van der Waals surface area contributed by atoms with E-state index in [2.05, 4.69) is 39.3 Å². The van der Waals surface area contributed by atoms with E-state index >= 15 is 0 Å².